The predicted octanol–water partition coefficient (Wildman–Crippen LogP) is 2.85. The van der Waals surface area contributed by atoms with Crippen LogP contribution in [0, 0.1) is 18.6 Å². The molecule has 0 spiro atoms. The molecule has 1 aliphatic rings. The third kappa shape index (κ3) is 4.36. The van der Waals surface area contributed by atoms with Gasteiger partial charge in [0.15, 0.2) is 17.2 Å². The van der Waals surface area contributed by atoms with Crippen molar-refractivity contribution in [2.24, 2.45) is 0 Å². The van der Waals surface area contributed by atoms with E-state index in [-0.39, 0.29) is 18.7 Å². The molecule has 1 N–H and O–H groups in total. The molecule has 1 aliphatic heterocycles. The zero-order valence-corrected chi connectivity index (χ0v) is 15.5. The molecule has 0 unspecified atom stereocenters. The Hall–Kier alpha value is -2.25. The first-order valence-electron chi connectivity index (χ1n) is 8.97. The Bertz CT molecular complexity index is 823. The van der Waals surface area contributed by atoms with E-state index in [1.165, 1.54) is 17.0 Å². The van der Waals surface area contributed by atoms with Crippen molar-refractivity contribution < 1.29 is 23.1 Å². The summed E-state index contributed by atoms with van der Waals surface area (Å²) < 4.78 is 32.9. The lowest BCUT2D eigenvalue weighted by Gasteiger charge is -2.40. The first-order valence-corrected chi connectivity index (χ1v) is 8.97. The monoisotopic (exact) mass is 378 g/mol. The molecule has 1 amide bonds. The summed E-state index contributed by atoms with van der Waals surface area (Å²) in [7, 11) is 1.80. The number of benzene rings is 1. The maximum atomic E-state index is 13.9. The van der Waals surface area contributed by atoms with Crippen molar-refractivity contribution in [3.63, 3.8) is 0 Å². The van der Waals surface area contributed by atoms with E-state index in [4.69, 9.17) is 4.42 Å². The highest BCUT2D eigenvalue weighted by molar-refractivity contribution is 5.86. The summed E-state index contributed by atoms with van der Waals surface area (Å²) >= 11 is 0. The van der Waals surface area contributed by atoms with E-state index in [1.807, 2.05) is 24.0 Å². The Morgan fingerprint density at radius 1 is 1.30 bits per heavy atom. The van der Waals surface area contributed by atoms with Crippen molar-refractivity contribution in [2.45, 2.75) is 38.5 Å². The zero-order chi connectivity index (χ0) is 19.6. The lowest BCUT2D eigenvalue weighted by atomic mass is 9.90. The molecule has 3 rings (SSSR count). The molecule has 27 heavy (non-hydrogen) atoms. The molecule has 1 aromatic heterocycles. The number of piperidine rings is 1. The molecule has 7 heteroatoms. The number of hydrogen-bond acceptors (Lipinski definition) is 4. The fourth-order valence-electron chi connectivity index (χ4n) is 3.58. The minimum absolute atomic E-state index is 0.0637. The Morgan fingerprint density at radius 2 is 2.07 bits per heavy atom. The lowest BCUT2D eigenvalue weighted by Crippen LogP contribution is -2.57. The van der Waals surface area contributed by atoms with Gasteiger partial charge in [-0.1, -0.05) is 12.1 Å². The van der Waals surface area contributed by atoms with Crippen molar-refractivity contribution >= 4 is 5.91 Å². The number of furan rings is 1. The van der Waals surface area contributed by atoms with Crippen molar-refractivity contribution in [1.82, 2.24) is 9.80 Å². The maximum Gasteiger partial charge on any atom is 0.256 e. The molecular weight excluding hydrogens is 354 g/mol. The highest BCUT2D eigenvalue weighted by Crippen LogP contribution is 2.26. The van der Waals surface area contributed by atoms with Gasteiger partial charge in [-0.3, -0.25) is 9.69 Å². The molecule has 1 fully saturated rings. The van der Waals surface area contributed by atoms with Crippen LogP contribution in [-0.2, 0) is 17.9 Å². The van der Waals surface area contributed by atoms with Gasteiger partial charge in [0.2, 0.25) is 0 Å². The van der Waals surface area contributed by atoms with E-state index < -0.39 is 23.1 Å². The van der Waals surface area contributed by atoms with Crippen LogP contribution in [0.1, 0.15) is 29.9 Å². The summed E-state index contributed by atoms with van der Waals surface area (Å²) in [5.74, 6) is -0.806. The number of rotatable bonds is 6. The number of likely N-dealkylation sites (tertiary alicyclic amines) is 1. The molecule has 2 heterocycles. The van der Waals surface area contributed by atoms with E-state index in [1.54, 1.807) is 7.05 Å². The molecule has 2 aromatic rings. The number of halogens is 2. The summed E-state index contributed by atoms with van der Waals surface area (Å²) in [6.45, 7) is 2.78. The van der Waals surface area contributed by atoms with Crippen LogP contribution in [0.15, 0.2) is 34.7 Å². The smallest absolute Gasteiger partial charge is 0.256 e. The Morgan fingerprint density at radius 3 is 2.78 bits per heavy atom. The van der Waals surface area contributed by atoms with Gasteiger partial charge in [-0.25, -0.2) is 8.78 Å². The SMILES string of the molecule is Cc1ccc(CN(C)C[C@]2(O)CCCN(Cc3cccc(F)c3F)C2=O)o1. The summed E-state index contributed by atoms with van der Waals surface area (Å²) in [4.78, 5) is 16.1. The van der Waals surface area contributed by atoms with Gasteiger partial charge in [0.25, 0.3) is 5.91 Å². The Balaban J connectivity index is 1.68. The van der Waals surface area contributed by atoms with Gasteiger partial charge in [0.05, 0.1) is 6.54 Å². The fraction of sp³-hybridized carbons (Fsp3) is 0.450. The minimum atomic E-state index is -1.56. The topological polar surface area (TPSA) is 56.9 Å². The second kappa shape index (κ2) is 7.78. The molecule has 0 bridgehead atoms. The second-order valence-corrected chi connectivity index (χ2v) is 7.26. The normalized spacial score (nSPS) is 20.5. The van der Waals surface area contributed by atoms with E-state index in [0.717, 1.165) is 17.6 Å². The van der Waals surface area contributed by atoms with Gasteiger partial charge >= 0.3 is 0 Å². The number of amides is 1. The second-order valence-electron chi connectivity index (χ2n) is 7.26. The zero-order valence-electron chi connectivity index (χ0n) is 15.5. The van der Waals surface area contributed by atoms with Crippen LogP contribution in [0.4, 0.5) is 8.78 Å². The number of carbonyl (C=O) groups is 1. The predicted molar refractivity (Wildman–Crippen MR) is 95.7 cm³/mol. The third-order valence-corrected chi connectivity index (χ3v) is 4.85. The average Bonchev–Trinajstić information content (AvgIpc) is 3.00. The molecule has 1 aromatic carbocycles. The number of hydrogen-bond donors (Lipinski definition) is 1. The number of aryl methyl sites for hydroxylation is 1. The van der Waals surface area contributed by atoms with Crippen molar-refractivity contribution in [3.8, 4) is 0 Å². The number of aliphatic hydroxyl groups is 1. The quantitative estimate of drug-likeness (QED) is 0.840. The van der Waals surface area contributed by atoms with E-state index in [9.17, 15) is 18.7 Å². The van der Waals surface area contributed by atoms with Crippen LogP contribution in [-0.4, -0.2) is 46.6 Å². The molecule has 1 atom stereocenters. The number of carbonyl (C=O) groups excluding carboxylic acids is 1. The number of likely N-dealkylation sites (N-methyl/N-ethyl adjacent to an activating group) is 1. The number of nitrogens with zero attached hydrogens (tertiary/aromatic N) is 2. The molecule has 1 saturated heterocycles. The van der Waals surface area contributed by atoms with Gasteiger partial charge in [0.1, 0.15) is 11.5 Å². The highest BCUT2D eigenvalue weighted by Gasteiger charge is 2.43. The summed E-state index contributed by atoms with van der Waals surface area (Å²) in [6, 6.07) is 7.62. The first-order chi connectivity index (χ1) is 12.8. The maximum absolute atomic E-state index is 13.9. The van der Waals surface area contributed by atoms with Crippen LogP contribution in [0.5, 0.6) is 0 Å². The van der Waals surface area contributed by atoms with E-state index in [0.29, 0.717) is 25.9 Å². The largest absolute Gasteiger partial charge is 0.465 e. The highest BCUT2D eigenvalue weighted by atomic mass is 19.2. The molecule has 0 radical (unpaired) electrons. The van der Waals surface area contributed by atoms with Crippen molar-refractivity contribution in [1.29, 1.82) is 0 Å². The lowest BCUT2D eigenvalue weighted by molar-refractivity contribution is -0.160. The van der Waals surface area contributed by atoms with Crippen molar-refractivity contribution in [2.75, 3.05) is 20.1 Å². The molecule has 5 nitrogen and oxygen atoms in total. The van der Waals surface area contributed by atoms with Crippen LogP contribution in [0.25, 0.3) is 0 Å². The van der Waals surface area contributed by atoms with Crippen LogP contribution in [0.2, 0.25) is 0 Å². The minimum Gasteiger partial charge on any atom is -0.465 e. The van der Waals surface area contributed by atoms with Crippen molar-refractivity contribution in [3.05, 3.63) is 59.1 Å². The summed E-state index contributed by atoms with van der Waals surface area (Å²) in [6.07, 6.45) is 0.919. The fourth-order valence-corrected chi connectivity index (χ4v) is 3.58. The Labute approximate surface area is 157 Å². The van der Waals surface area contributed by atoms with Gasteiger partial charge < -0.3 is 14.4 Å². The standard InChI is InChI=1S/C20H24F2N2O3/c1-14-7-8-16(27-14)12-23(2)13-20(26)9-4-10-24(19(20)25)11-15-5-3-6-17(21)18(15)22/h3,5-8,26H,4,9-13H2,1-2H3/t20-/m1/s1. The molecule has 0 aliphatic carbocycles. The van der Waals surface area contributed by atoms with Gasteiger partial charge in [-0.2, -0.15) is 0 Å². The summed E-state index contributed by atoms with van der Waals surface area (Å²) in [5.41, 5.74) is -1.45. The molecule has 0 saturated carbocycles. The summed E-state index contributed by atoms with van der Waals surface area (Å²) in [5, 5.41) is 10.9. The first kappa shape index (κ1) is 19.5. The van der Waals surface area contributed by atoms with E-state index in [2.05, 4.69) is 0 Å². The van der Waals surface area contributed by atoms with Gasteiger partial charge in [-0.05, 0) is 45.0 Å². The van der Waals surface area contributed by atoms with Crippen LogP contribution >= 0.6 is 0 Å². The van der Waals surface area contributed by atoms with Gasteiger partial charge in [0, 0.05) is 25.2 Å². The van der Waals surface area contributed by atoms with Crippen LogP contribution in [0.3, 0.4) is 0 Å². The van der Waals surface area contributed by atoms with Crippen LogP contribution < -0.4 is 0 Å². The third-order valence-electron chi connectivity index (χ3n) is 4.85. The average molecular weight is 378 g/mol. The molecule has 146 valence electrons. The molecular formula is C20H24F2N2O3. The Kier molecular flexibility index (Phi) is 5.62. The van der Waals surface area contributed by atoms with Gasteiger partial charge in [-0.15, -0.1) is 0 Å². The van der Waals surface area contributed by atoms with E-state index >= 15 is 0 Å².